The maximum absolute atomic E-state index is 12.8. The van der Waals surface area contributed by atoms with E-state index >= 15 is 0 Å². The SMILES string of the molecule is O=C(Cc1ccc(O)cc1)Nc1nc2c(nc1Cc1ccccc1)-c1ccc(O)c(O)c1CC2. The third-order valence-corrected chi connectivity index (χ3v) is 5.94. The highest BCUT2D eigenvalue weighted by molar-refractivity contribution is 5.92. The first-order chi connectivity index (χ1) is 16.5. The van der Waals surface area contributed by atoms with Crippen LogP contribution < -0.4 is 5.32 Å². The standard InChI is InChI=1S/C27H23N3O4/c31-18-8-6-17(7-9-18)15-24(33)30-27-22(14-16-4-2-1-3-5-16)28-25-19-11-13-23(32)26(34)20(19)10-12-21(25)29-27/h1-9,11,13,31-32,34H,10,12,14-15H2,(H,29,30,33). The van der Waals surface area contributed by atoms with E-state index in [0.29, 0.717) is 42.0 Å². The van der Waals surface area contributed by atoms with Crippen LogP contribution >= 0.6 is 0 Å². The molecule has 0 radical (unpaired) electrons. The highest BCUT2D eigenvalue weighted by Gasteiger charge is 2.25. The van der Waals surface area contributed by atoms with Crippen LogP contribution in [0.2, 0.25) is 0 Å². The summed E-state index contributed by atoms with van der Waals surface area (Å²) in [6.45, 7) is 0. The molecule has 0 saturated heterocycles. The molecular weight excluding hydrogens is 430 g/mol. The minimum Gasteiger partial charge on any atom is -0.508 e. The molecule has 0 atom stereocenters. The number of anilines is 1. The summed E-state index contributed by atoms with van der Waals surface area (Å²) >= 11 is 0. The summed E-state index contributed by atoms with van der Waals surface area (Å²) in [6.07, 6.45) is 1.64. The summed E-state index contributed by atoms with van der Waals surface area (Å²) in [4.78, 5) is 22.5. The molecule has 0 spiro atoms. The van der Waals surface area contributed by atoms with Crippen LogP contribution in [0.1, 0.15) is 28.1 Å². The number of hydrogen-bond acceptors (Lipinski definition) is 6. The van der Waals surface area contributed by atoms with Crippen molar-refractivity contribution in [2.45, 2.75) is 25.7 Å². The molecule has 1 aliphatic carbocycles. The van der Waals surface area contributed by atoms with Crippen LogP contribution in [0.3, 0.4) is 0 Å². The predicted molar refractivity (Wildman–Crippen MR) is 128 cm³/mol. The normalized spacial score (nSPS) is 12.0. The highest BCUT2D eigenvalue weighted by atomic mass is 16.3. The number of aromatic nitrogens is 2. The van der Waals surface area contributed by atoms with Gasteiger partial charge in [0.2, 0.25) is 5.91 Å². The Kier molecular flexibility index (Phi) is 5.59. The maximum Gasteiger partial charge on any atom is 0.229 e. The molecule has 0 fully saturated rings. The lowest BCUT2D eigenvalue weighted by Gasteiger charge is -2.22. The Morgan fingerprint density at radius 2 is 1.62 bits per heavy atom. The van der Waals surface area contributed by atoms with Gasteiger partial charge in [0.05, 0.1) is 23.5 Å². The van der Waals surface area contributed by atoms with Crippen molar-refractivity contribution >= 4 is 11.7 Å². The monoisotopic (exact) mass is 453 g/mol. The molecule has 4 aromatic rings. The Balaban J connectivity index is 1.52. The number of aryl methyl sites for hydroxylation is 1. The van der Waals surface area contributed by atoms with Gasteiger partial charge in [0.25, 0.3) is 0 Å². The van der Waals surface area contributed by atoms with Crippen molar-refractivity contribution in [3.8, 4) is 28.5 Å². The van der Waals surface area contributed by atoms with Gasteiger partial charge in [-0.25, -0.2) is 9.97 Å². The number of fused-ring (bicyclic) bond motifs is 3. The van der Waals surface area contributed by atoms with E-state index in [-0.39, 0.29) is 29.6 Å². The number of amides is 1. The summed E-state index contributed by atoms with van der Waals surface area (Å²) in [6, 6.07) is 19.5. The van der Waals surface area contributed by atoms with E-state index in [1.54, 1.807) is 30.3 Å². The van der Waals surface area contributed by atoms with Gasteiger partial charge in [0.15, 0.2) is 17.3 Å². The van der Waals surface area contributed by atoms with Crippen molar-refractivity contribution in [2.24, 2.45) is 0 Å². The largest absolute Gasteiger partial charge is 0.508 e. The number of nitrogens with one attached hydrogen (secondary N) is 1. The molecule has 5 rings (SSSR count). The fourth-order valence-corrected chi connectivity index (χ4v) is 4.23. The molecule has 1 aliphatic rings. The third-order valence-electron chi connectivity index (χ3n) is 5.94. The van der Waals surface area contributed by atoms with Crippen LogP contribution in [0.4, 0.5) is 5.82 Å². The first-order valence-corrected chi connectivity index (χ1v) is 11.0. The first-order valence-electron chi connectivity index (χ1n) is 11.0. The Hall–Kier alpha value is -4.39. The van der Waals surface area contributed by atoms with Crippen molar-refractivity contribution in [1.29, 1.82) is 0 Å². The van der Waals surface area contributed by atoms with Gasteiger partial charge in [-0.15, -0.1) is 0 Å². The lowest BCUT2D eigenvalue weighted by atomic mass is 9.90. The lowest BCUT2D eigenvalue weighted by Crippen LogP contribution is -2.20. The van der Waals surface area contributed by atoms with Gasteiger partial charge in [-0.2, -0.15) is 0 Å². The molecule has 4 N–H and O–H groups in total. The van der Waals surface area contributed by atoms with Crippen LogP contribution in [0.5, 0.6) is 17.2 Å². The number of benzene rings is 3. The highest BCUT2D eigenvalue weighted by Crippen LogP contribution is 2.41. The third kappa shape index (κ3) is 4.28. The lowest BCUT2D eigenvalue weighted by molar-refractivity contribution is -0.115. The zero-order chi connectivity index (χ0) is 23.7. The van der Waals surface area contributed by atoms with Crippen LogP contribution in [0, 0.1) is 0 Å². The molecule has 170 valence electrons. The molecule has 0 aliphatic heterocycles. The molecule has 1 aromatic heterocycles. The van der Waals surface area contributed by atoms with Crippen LogP contribution in [0.15, 0.2) is 66.7 Å². The summed E-state index contributed by atoms with van der Waals surface area (Å²) in [5.74, 6) is 0.0546. The van der Waals surface area contributed by atoms with Crippen LogP contribution in [-0.2, 0) is 30.5 Å². The second kappa shape index (κ2) is 8.86. The number of carbonyl (C=O) groups excluding carboxylic acids is 1. The average Bonchev–Trinajstić information content (AvgIpc) is 2.84. The van der Waals surface area contributed by atoms with Crippen molar-refractivity contribution in [3.05, 3.63) is 94.8 Å². The van der Waals surface area contributed by atoms with Crippen LogP contribution in [-0.4, -0.2) is 31.2 Å². The van der Waals surface area contributed by atoms with E-state index in [4.69, 9.17) is 9.97 Å². The smallest absolute Gasteiger partial charge is 0.229 e. The summed E-state index contributed by atoms with van der Waals surface area (Å²) in [5.41, 5.74) is 5.18. The number of carbonyl (C=O) groups is 1. The molecule has 3 aromatic carbocycles. The van der Waals surface area contributed by atoms with E-state index in [1.807, 2.05) is 30.3 Å². The fraction of sp³-hybridized carbons (Fsp3) is 0.148. The Morgan fingerprint density at radius 1 is 0.853 bits per heavy atom. The number of aromatic hydroxyl groups is 3. The minimum absolute atomic E-state index is 0.124. The second-order valence-electron chi connectivity index (χ2n) is 8.33. The fourth-order valence-electron chi connectivity index (χ4n) is 4.23. The molecule has 0 saturated carbocycles. The van der Waals surface area contributed by atoms with Gasteiger partial charge in [-0.1, -0.05) is 42.5 Å². The molecule has 1 amide bonds. The predicted octanol–water partition coefficient (Wildman–Crippen LogP) is 4.13. The van der Waals surface area contributed by atoms with Gasteiger partial charge >= 0.3 is 0 Å². The van der Waals surface area contributed by atoms with E-state index in [2.05, 4.69) is 5.32 Å². The zero-order valence-electron chi connectivity index (χ0n) is 18.3. The molecule has 7 heteroatoms. The van der Waals surface area contributed by atoms with Gasteiger partial charge < -0.3 is 20.6 Å². The van der Waals surface area contributed by atoms with Gasteiger partial charge in [0, 0.05) is 17.5 Å². The Labute approximate surface area is 196 Å². The van der Waals surface area contributed by atoms with Crippen molar-refractivity contribution < 1.29 is 20.1 Å². The van der Waals surface area contributed by atoms with Crippen molar-refractivity contribution in [3.63, 3.8) is 0 Å². The average molecular weight is 453 g/mol. The first kappa shape index (κ1) is 21.5. The topological polar surface area (TPSA) is 116 Å². The number of phenolic OH excluding ortho intramolecular Hbond substituents is 3. The second-order valence-corrected chi connectivity index (χ2v) is 8.33. The van der Waals surface area contributed by atoms with Crippen molar-refractivity contribution in [1.82, 2.24) is 9.97 Å². The van der Waals surface area contributed by atoms with Gasteiger partial charge in [-0.05, 0) is 48.2 Å². The van der Waals surface area contributed by atoms with Crippen LogP contribution in [0.25, 0.3) is 11.3 Å². The van der Waals surface area contributed by atoms with Gasteiger partial charge in [-0.3, -0.25) is 4.79 Å². The Bertz CT molecular complexity index is 1370. The number of rotatable bonds is 5. The summed E-state index contributed by atoms with van der Waals surface area (Å²) in [5, 5.41) is 32.6. The van der Waals surface area contributed by atoms with E-state index in [1.165, 1.54) is 6.07 Å². The van der Waals surface area contributed by atoms with Gasteiger partial charge in [0.1, 0.15) is 5.75 Å². The molecular formula is C27H23N3O4. The number of hydrogen-bond donors (Lipinski definition) is 4. The summed E-state index contributed by atoms with van der Waals surface area (Å²) in [7, 11) is 0. The number of phenols is 3. The molecule has 34 heavy (non-hydrogen) atoms. The van der Waals surface area contributed by atoms with E-state index < -0.39 is 0 Å². The number of nitrogens with zero attached hydrogens (tertiary/aromatic N) is 2. The Morgan fingerprint density at radius 3 is 2.38 bits per heavy atom. The van der Waals surface area contributed by atoms with Crippen molar-refractivity contribution in [2.75, 3.05) is 5.32 Å². The zero-order valence-corrected chi connectivity index (χ0v) is 18.3. The molecule has 0 unspecified atom stereocenters. The molecule has 7 nitrogen and oxygen atoms in total. The van der Waals surface area contributed by atoms with E-state index in [0.717, 1.165) is 22.4 Å². The quantitative estimate of drug-likeness (QED) is 0.338. The maximum atomic E-state index is 12.8. The molecule has 0 bridgehead atoms. The minimum atomic E-state index is -0.229. The summed E-state index contributed by atoms with van der Waals surface area (Å²) < 4.78 is 0. The molecule has 1 heterocycles. The van der Waals surface area contributed by atoms with E-state index in [9.17, 15) is 20.1 Å².